The van der Waals surface area contributed by atoms with Gasteiger partial charge in [-0.25, -0.2) is 0 Å². The summed E-state index contributed by atoms with van der Waals surface area (Å²) >= 11 is 0. The second kappa shape index (κ2) is 15.5. The van der Waals surface area contributed by atoms with Gasteiger partial charge in [0.2, 0.25) is 23.6 Å². The van der Waals surface area contributed by atoms with Crippen LogP contribution >= 0.6 is 0 Å². The molecule has 0 aromatic heterocycles. The molecular formula is C32H44N6O4. The lowest BCUT2D eigenvalue weighted by atomic mass is 10.0. The van der Waals surface area contributed by atoms with E-state index in [4.69, 9.17) is 11.5 Å². The van der Waals surface area contributed by atoms with Crippen molar-refractivity contribution in [3.05, 3.63) is 70.8 Å². The summed E-state index contributed by atoms with van der Waals surface area (Å²) in [5.74, 6) is -0.479. The maximum Gasteiger partial charge on any atom is 0.245 e. The Morgan fingerprint density at radius 2 is 1.00 bits per heavy atom. The van der Waals surface area contributed by atoms with Crippen LogP contribution in [-0.2, 0) is 45.4 Å². The van der Waals surface area contributed by atoms with Crippen molar-refractivity contribution in [2.75, 3.05) is 13.1 Å². The Bertz CT molecular complexity index is 1120. The third-order valence-corrected chi connectivity index (χ3v) is 8.05. The molecule has 6 N–H and O–H groups in total. The minimum absolute atomic E-state index is 0.0596. The van der Waals surface area contributed by atoms with Crippen molar-refractivity contribution in [3.63, 3.8) is 0 Å². The SMILES string of the molecule is NCc1ccc(CN2CCCC(NC(=O)CCCCC(=O)NC3CCCN(Cc4ccc(CN)cc4)C3=O)C2=O)cc1. The summed E-state index contributed by atoms with van der Waals surface area (Å²) in [7, 11) is 0. The maximum absolute atomic E-state index is 13.0. The van der Waals surface area contributed by atoms with Gasteiger partial charge in [-0.2, -0.15) is 0 Å². The molecule has 10 nitrogen and oxygen atoms in total. The van der Waals surface area contributed by atoms with Crippen molar-refractivity contribution in [2.45, 2.75) is 89.6 Å². The number of unbranched alkanes of at least 4 members (excludes halogenated alkanes) is 1. The summed E-state index contributed by atoms with van der Waals surface area (Å²) in [6.45, 7) is 3.31. The summed E-state index contributed by atoms with van der Waals surface area (Å²) in [6, 6.07) is 14.8. The van der Waals surface area contributed by atoms with E-state index in [-0.39, 0.29) is 36.5 Å². The first kappa shape index (κ1) is 31.2. The summed E-state index contributed by atoms with van der Waals surface area (Å²) < 4.78 is 0. The van der Waals surface area contributed by atoms with Crippen LogP contribution in [0.5, 0.6) is 0 Å². The van der Waals surface area contributed by atoms with Gasteiger partial charge >= 0.3 is 0 Å². The number of piperidine rings is 2. The highest BCUT2D eigenvalue weighted by Gasteiger charge is 2.31. The molecule has 0 bridgehead atoms. The molecule has 4 rings (SSSR count). The van der Waals surface area contributed by atoms with Crippen molar-refractivity contribution >= 4 is 23.6 Å². The Balaban J connectivity index is 1.14. The lowest BCUT2D eigenvalue weighted by Gasteiger charge is -2.33. The van der Waals surface area contributed by atoms with E-state index in [0.717, 1.165) is 35.1 Å². The van der Waals surface area contributed by atoms with Crippen molar-refractivity contribution in [2.24, 2.45) is 11.5 Å². The normalized spacial score (nSPS) is 19.1. The van der Waals surface area contributed by atoms with E-state index in [1.807, 2.05) is 48.5 Å². The van der Waals surface area contributed by atoms with E-state index in [1.165, 1.54) is 0 Å². The van der Waals surface area contributed by atoms with Crippen molar-refractivity contribution in [1.29, 1.82) is 0 Å². The van der Waals surface area contributed by atoms with Gasteiger partial charge in [-0.05, 0) is 60.8 Å². The number of likely N-dealkylation sites (tertiary alicyclic amines) is 2. The zero-order chi connectivity index (χ0) is 29.9. The Labute approximate surface area is 248 Å². The number of carbonyl (C=O) groups excluding carboxylic acids is 4. The molecule has 2 saturated heterocycles. The molecule has 2 fully saturated rings. The predicted octanol–water partition coefficient (Wildman–Crippen LogP) is 2.08. The zero-order valence-electron chi connectivity index (χ0n) is 24.4. The molecule has 226 valence electrons. The molecule has 2 atom stereocenters. The van der Waals surface area contributed by atoms with Crippen LogP contribution in [0.15, 0.2) is 48.5 Å². The van der Waals surface area contributed by atoms with Crippen LogP contribution in [0.25, 0.3) is 0 Å². The molecule has 2 aliphatic heterocycles. The molecule has 2 aromatic carbocycles. The van der Waals surface area contributed by atoms with E-state index in [9.17, 15) is 19.2 Å². The Morgan fingerprint density at radius 3 is 1.36 bits per heavy atom. The summed E-state index contributed by atoms with van der Waals surface area (Å²) in [5.41, 5.74) is 15.5. The molecule has 0 aliphatic carbocycles. The van der Waals surface area contributed by atoms with Crippen molar-refractivity contribution in [1.82, 2.24) is 20.4 Å². The van der Waals surface area contributed by atoms with Crippen molar-refractivity contribution < 1.29 is 19.2 Å². The summed E-state index contributed by atoms with van der Waals surface area (Å²) in [4.78, 5) is 54.7. The van der Waals surface area contributed by atoms with Gasteiger partial charge in [-0.15, -0.1) is 0 Å². The summed E-state index contributed by atoms with van der Waals surface area (Å²) in [5, 5.41) is 5.78. The maximum atomic E-state index is 13.0. The molecule has 0 saturated carbocycles. The number of nitrogens with one attached hydrogen (secondary N) is 2. The molecule has 4 amide bonds. The number of carbonyl (C=O) groups is 4. The van der Waals surface area contributed by atoms with Crippen LogP contribution in [0.3, 0.4) is 0 Å². The van der Waals surface area contributed by atoms with Gasteiger partial charge in [0.1, 0.15) is 12.1 Å². The molecular weight excluding hydrogens is 532 g/mol. The highest BCUT2D eigenvalue weighted by Crippen LogP contribution is 2.18. The molecule has 2 unspecified atom stereocenters. The van der Waals surface area contributed by atoms with E-state index < -0.39 is 12.1 Å². The predicted molar refractivity (Wildman–Crippen MR) is 160 cm³/mol. The minimum atomic E-state index is -0.517. The second-order valence-corrected chi connectivity index (χ2v) is 11.3. The lowest BCUT2D eigenvalue weighted by Crippen LogP contribution is -2.52. The first-order valence-electron chi connectivity index (χ1n) is 15.1. The van der Waals surface area contributed by atoms with E-state index in [2.05, 4.69) is 10.6 Å². The highest BCUT2D eigenvalue weighted by atomic mass is 16.2. The highest BCUT2D eigenvalue weighted by molar-refractivity contribution is 5.89. The largest absolute Gasteiger partial charge is 0.344 e. The first-order chi connectivity index (χ1) is 20.4. The average Bonchev–Trinajstić information content (AvgIpc) is 3.00. The number of nitrogens with two attached hydrogens (primary N) is 2. The molecule has 42 heavy (non-hydrogen) atoms. The molecule has 10 heteroatoms. The quantitative estimate of drug-likeness (QED) is 0.268. The van der Waals surface area contributed by atoms with Crippen LogP contribution < -0.4 is 22.1 Å². The molecule has 2 aliphatic rings. The monoisotopic (exact) mass is 576 g/mol. The molecule has 0 spiro atoms. The standard InChI is InChI=1S/C32H44N6O4/c33-19-23-9-13-25(14-10-23)21-37-17-3-5-27(31(37)41)35-29(39)7-1-2-8-30(40)36-28-6-4-18-38(32(28)42)22-26-15-11-24(20-34)12-16-26/h9-16,27-28H,1-8,17-22,33-34H2,(H,35,39)(H,36,40). The van der Waals surface area contributed by atoms with Crippen LogP contribution in [-0.4, -0.2) is 58.6 Å². The smallest absolute Gasteiger partial charge is 0.245 e. The Kier molecular flexibility index (Phi) is 11.5. The van der Waals surface area contributed by atoms with Crippen LogP contribution in [0.4, 0.5) is 0 Å². The topological polar surface area (TPSA) is 151 Å². The fourth-order valence-corrected chi connectivity index (χ4v) is 5.57. The number of benzene rings is 2. The Morgan fingerprint density at radius 1 is 0.643 bits per heavy atom. The van der Waals surface area contributed by atoms with E-state index >= 15 is 0 Å². The van der Waals surface area contributed by atoms with Gasteiger partial charge in [-0.1, -0.05) is 48.5 Å². The zero-order valence-corrected chi connectivity index (χ0v) is 24.4. The number of hydrogen-bond acceptors (Lipinski definition) is 6. The van der Waals surface area contributed by atoms with Gasteiger partial charge in [0.05, 0.1) is 0 Å². The number of hydrogen-bond donors (Lipinski definition) is 4. The van der Waals surface area contributed by atoms with Gasteiger partial charge < -0.3 is 31.9 Å². The lowest BCUT2D eigenvalue weighted by molar-refractivity contribution is -0.139. The fraction of sp³-hybridized carbons (Fsp3) is 0.500. The number of rotatable bonds is 13. The van der Waals surface area contributed by atoms with Crippen molar-refractivity contribution in [3.8, 4) is 0 Å². The Hall–Kier alpha value is -3.76. The minimum Gasteiger partial charge on any atom is -0.344 e. The van der Waals surface area contributed by atoms with Gasteiger partial charge in [0, 0.05) is 52.1 Å². The van der Waals surface area contributed by atoms with E-state index in [1.54, 1.807) is 9.80 Å². The van der Waals surface area contributed by atoms with Gasteiger partial charge in [0.15, 0.2) is 0 Å². The molecule has 0 radical (unpaired) electrons. The molecule has 2 aromatic rings. The summed E-state index contributed by atoms with van der Waals surface area (Å²) in [6.07, 6.45) is 4.46. The van der Waals surface area contributed by atoms with E-state index in [0.29, 0.717) is 65.0 Å². The van der Waals surface area contributed by atoms with Gasteiger partial charge in [-0.3, -0.25) is 19.2 Å². The third-order valence-electron chi connectivity index (χ3n) is 8.05. The van der Waals surface area contributed by atoms with Crippen LogP contribution in [0.2, 0.25) is 0 Å². The van der Waals surface area contributed by atoms with Gasteiger partial charge in [0.25, 0.3) is 0 Å². The van der Waals surface area contributed by atoms with Crippen LogP contribution in [0, 0.1) is 0 Å². The number of nitrogens with zero attached hydrogens (tertiary/aromatic N) is 2. The van der Waals surface area contributed by atoms with Crippen LogP contribution in [0.1, 0.15) is 73.6 Å². The number of amides is 4. The third kappa shape index (κ3) is 8.87. The first-order valence-corrected chi connectivity index (χ1v) is 15.1. The average molecular weight is 577 g/mol. The fourth-order valence-electron chi connectivity index (χ4n) is 5.57. The molecule has 2 heterocycles. The second-order valence-electron chi connectivity index (χ2n) is 11.3.